The molecule has 0 saturated heterocycles. The van der Waals surface area contributed by atoms with Gasteiger partial charge < -0.3 is 5.32 Å². The second-order valence-corrected chi connectivity index (χ2v) is 7.35. The predicted octanol–water partition coefficient (Wildman–Crippen LogP) is 4.16. The summed E-state index contributed by atoms with van der Waals surface area (Å²) in [6.07, 6.45) is 2.14. The van der Waals surface area contributed by atoms with E-state index in [1.165, 1.54) is 10.3 Å². The highest BCUT2D eigenvalue weighted by molar-refractivity contribution is 7.99. The molecule has 1 aromatic heterocycles. The molecule has 1 heterocycles. The Labute approximate surface area is 111 Å². The lowest BCUT2D eigenvalue weighted by molar-refractivity contribution is 0.752. The van der Waals surface area contributed by atoms with Gasteiger partial charge in [-0.1, -0.05) is 17.4 Å². The van der Waals surface area contributed by atoms with E-state index in [2.05, 4.69) is 55.5 Å². The molecule has 1 aromatic carbocycles. The van der Waals surface area contributed by atoms with E-state index in [-0.39, 0.29) is 4.75 Å². The van der Waals surface area contributed by atoms with Crippen molar-refractivity contribution < 1.29 is 0 Å². The van der Waals surface area contributed by atoms with Gasteiger partial charge >= 0.3 is 0 Å². The number of aryl methyl sites for hydroxylation is 1. The van der Waals surface area contributed by atoms with E-state index >= 15 is 0 Å². The summed E-state index contributed by atoms with van der Waals surface area (Å²) in [5.74, 6) is 0. The van der Waals surface area contributed by atoms with Crippen LogP contribution in [0.25, 0.3) is 10.2 Å². The molecule has 2 aromatic rings. The van der Waals surface area contributed by atoms with Crippen LogP contribution in [0.3, 0.4) is 0 Å². The minimum Gasteiger partial charge on any atom is -0.360 e. The molecule has 1 N–H and O–H groups in total. The number of hydrogen-bond acceptors (Lipinski definition) is 4. The largest absolute Gasteiger partial charge is 0.360 e. The van der Waals surface area contributed by atoms with Gasteiger partial charge in [0, 0.05) is 11.3 Å². The van der Waals surface area contributed by atoms with Crippen molar-refractivity contribution in [3.05, 3.63) is 23.8 Å². The Morgan fingerprint density at radius 1 is 1.41 bits per heavy atom. The molecular formula is C13H18N2S2. The average Bonchev–Trinajstić information content (AvgIpc) is 2.68. The number of rotatable bonds is 4. The fourth-order valence-electron chi connectivity index (χ4n) is 1.47. The Hall–Kier alpha value is -0.740. The lowest BCUT2D eigenvalue weighted by Crippen LogP contribution is -2.25. The van der Waals surface area contributed by atoms with E-state index in [0.29, 0.717) is 0 Å². The van der Waals surface area contributed by atoms with Gasteiger partial charge in [-0.15, -0.1) is 0 Å². The maximum atomic E-state index is 4.59. The first-order valence-corrected chi connectivity index (χ1v) is 7.70. The van der Waals surface area contributed by atoms with Gasteiger partial charge in [0.25, 0.3) is 0 Å². The van der Waals surface area contributed by atoms with Crippen molar-refractivity contribution in [1.82, 2.24) is 4.98 Å². The van der Waals surface area contributed by atoms with Crippen molar-refractivity contribution in [2.75, 3.05) is 18.1 Å². The zero-order chi connectivity index (χ0) is 12.5. The normalized spacial score (nSPS) is 12.0. The molecule has 0 atom stereocenters. The third-order valence-electron chi connectivity index (χ3n) is 2.76. The zero-order valence-electron chi connectivity index (χ0n) is 10.7. The summed E-state index contributed by atoms with van der Waals surface area (Å²) in [5, 5.41) is 4.45. The van der Waals surface area contributed by atoms with Gasteiger partial charge in [-0.25, -0.2) is 4.98 Å². The number of aromatic nitrogens is 1. The minimum absolute atomic E-state index is 0.244. The standard InChI is InChI=1S/C13H18N2S2/c1-9-5-6-10-11(7-9)17-12(15-10)14-8-13(2,3)16-4/h5-7H,8H2,1-4H3,(H,14,15). The van der Waals surface area contributed by atoms with Crippen molar-refractivity contribution in [3.8, 4) is 0 Å². The van der Waals surface area contributed by atoms with E-state index in [9.17, 15) is 0 Å². The molecule has 0 spiro atoms. The van der Waals surface area contributed by atoms with Gasteiger partial charge in [0.1, 0.15) is 0 Å². The third-order valence-corrected chi connectivity index (χ3v) is 4.99. The molecule has 0 radical (unpaired) electrons. The maximum absolute atomic E-state index is 4.59. The Bertz CT molecular complexity index is 517. The summed E-state index contributed by atoms with van der Waals surface area (Å²) in [6.45, 7) is 7.53. The van der Waals surface area contributed by atoms with Crippen LogP contribution in [0, 0.1) is 6.92 Å². The Balaban J connectivity index is 2.15. The molecule has 0 bridgehead atoms. The van der Waals surface area contributed by atoms with Gasteiger partial charge in [0.05, 0.1) is 10.2 Å². The van der Waals surface area contributed by atoms with Crippen LogP contribution in [0.4, 0.5) is 5.13 Å². The highest BCUT2D eigenvalue weighted by Gasteiger charge is 2.16. The number of hydrogen-bond donors (Lipinski definition) is 1. The summed E-state index contributed by atoms with van der Waals surface area (Å²) in [7, 11) is 0. The number of benzene rings is 1. The number of thioether (sulfide) groups is 1. The average molecular weight is 266 g/mol. The van der Waals surface area contributed by atoms with Crippen molar-refractivity contribution in [2.24, 2.45) is 0 Å². The maximum Gasteiger partial charge on any atom is 0.183 e. The molecule has 0 aliphatic heterocycles. The lowest BCUT2D eigenvalue weighted by atomic mass is 10.2. The zero-order valence-corrected chi connectivity index (χ0v) is 12.3. The van der Waals surface area contributed by atoms with Crippen LogP contribution >= 0.6 is 23.1 Å². The van der Waals surface area contributed by atoms with E-state index in [1.54, 1.807) is 11.3 Å². The first-order valence-electron chi connectivity index (χ1n) is 5.66. The van der Waals surface area contributed by atoms with Crippen LogP contribution < -0.4 is 5.32 Å². The number of anilines is 1. The number of fused-ring (bicyclic) bond motifs is 1. The molecule has 17 heavy (non-hydrogen) atoms. The van der Waals surface area contributed by atoms with Crippen LogP contribution in [0.5, 0.6) is 0 Å². The summed E-state index contributed by atoms with van der Waals surface area (Å²) in [4.78, 5) is 4.59. The van der Waals surface area contributed by atoms with Crippen molar-refractivity contribution >= 4 is 38.4 Å². The third kappa shape index (κ3) is 3.13. The monoisotopic (exact) mass is 266 g/mol. The Morgan fingerprint density at radius 3 is 2.88 bits per heavy atom. The van der Waals surface area contributed by atoms with Crippen LogP contribution in [0.15, 0.2) is 18.2 Å². The van der Waals surface area contributed by atoms with Gasteiger partial charge in [0.15, 0.2) is 5.13 Å². The van der Waals surface area contributed by atoms with Gasteiger partial charge in [-0.3, -0.25) is 0 Å². The quantitative estimate of drug-likeness (QED) is 0.899. The molecule has 4 heteroatoms. The first kappa shape index (κ1) is 12.7. The molecule has 92 valence electrons. The summed E-state index contributed by atoms with van der Waals surface area (Å²) >= 11 is 3.60. The highest BCUT2D eigenvalue weighted by Crippen LogP contribution is 2.28. The molecule has 2 rings (SSSR count). The Kier molecular flexibility index (Phi) is 3.64. The van der Waals surface area contributed by atoms with Crippen molar-refractivity contribution in [3.63, 3.8) is 0 Å². The number of nitrogens with one attached hydrogen (secondary N) is 1. The van der Waals surface area contributed by atoms with Gasteiger partial charge in [-0.2, -0.15) is 11.8 Å². The number of nitrogens with zero attached hydrogens (tertiary/aromatic N) is 1. The topological polar surface area (TPSA) is 24.9 Å². The summed E-state index contributed by atoms with van der Waals surface area (Å²) in [5.41, 5.74) is 2.38. The molecular weight excluding hydrogens is 248 g/mol. The van der Waals surface area contributed by atoms with E-state index < -0.39 is 0 Å². The molecule has 2 nitrogen and oxygen atoms in total. The SMILES string of the molecule is CSC(C)(C)CNc1nc2ccc(C)cc2s1. The van der Waals surface area contributed by atoms with Crippen LogP contribution in [0.1, 0.15) is 19.4 Å². The smallest absolute Gasteiger partial charge is 0.183 e. The number of thiazole rings is 1. The van der Waals surface area contributed by atoms with Crippen molar-refractivity contribution in [2.45, 2.75) is 25.5 Å². The minimum atomic E-state index is 0.244. The van der Waals surface area contributed by atoms with E-state index in [0.717, 1.165) is 17.2 Å². The Morgan fingerprint density at radius 2 is 2.18 bits per heavy atom. The van der Waals surface area contributed by atoms with Crippen LogP contribution in [-0.2, 0) is 0 Å². The molecule has 0 aliphatic rings. The fourth-order valence-corrected chi connectivity index (χ4v) is 2.64. The molecule has 0 saturated carbocycles. The first-order chi connectivity index (χ1) is 8.00. The molecule has 0 amide bonds. The van der Waals surface area contributed by atoms with Gasteiger partial charge in [-0.05, 0) is 44.7 Å². The molecule has 0 unspecified atom stereocenters. The molecule has 0 fully saturated rings. The summed E-state index contributed by atoms with van der Waals surface area (Å²) in [6, 6.07) is 6.39. The van der Waals surface area contributed by atoms with Crippen LogP contribution in [0.2, 0.25) is 0 Å². The van der Waals surface area contributed by atoms with E-state index in [1.807, 2.05) is 11.8 Å². The van der Waals surface area contributed by atoms with E-state index in [4.69, 9.17) is 0 Å². The van der Waals surface area contributed by atoms with Crippen LogP contribution in [-0.4, -0.2) is 22.5 Å². The second-order valence-electron chi connectivity index (χ2n) is 4.81. The van der Waals surface area contributed by atoms with Crippen molar-refractivity contribution in [1.29, 1.82) is 0 Å². The fraction of sp³-hybridized carbons (Fsp3) is 0.462. The molecule has 0 aliphatic carbocycles. The summed E-state index contributed by atoms with van der Waals surface area (Å²) < 4.78 is 1.50. The van der Waals surface area contributed by atoms with Gasteiger partial charge in [0.2, 0.25) is 0 Å². The lowest BCUT2D eigenvalue weighted by Gasteiger charge is -2.21. The highest BCUT2D eigenvalue weighted by atomic mass is 32.2. The predicted molar refractivity (Wildman–Crippen MR) is 80.4 cm³/mol. The second kappa shape index (κ2) is 4.86.